The molecule has 0 N–H and O–H groups in total. The lowest BCUT2D eigenvalue weighted by Gasteiger charge is -2.13. The van der Waals surface area contributed by atoms with Crippen molar-refractivity contribution in [2.24, 2.45) is 5.10 Å². The van der Waals surface area contributed by atoms with Gasteiger partial charge in [0.05, 0.1) is 33.1 Å². The third-order valence-electron chi connectivity index (χ3n) is 6.56. The highest BCUT2D eigenvalue weighted by atomic mass is 79.9. The first-order valence-electron chi connectivity index (χ1n) is 12.8. The van der Waals surface area contributed by atoms with Crippen molar-refractivity contribution in [2.45, 2.75) is 6.54 Å². The maximum atomic E-state index is 13.3. The molecule has 3 aromatic carbocycles. The number of methoxy groups -OCH3 is 3. The fourth-order valence-corrected chi connectivity index (χ4v) is 4.32. The fraction of sp³-hybridized carbons (Fsp3) is 0.258. The molecule has 9 nitrogen and oxygen atoms in total. The highest BCUT2D eigenvalue weighted by Gasteiger charge is 2.26. The van der Waals surface area contributed by atoms with Crippen molar-refractivity contribution in [3.05, 3.63) is 84.2 Å². The summed E-state index contributed by atoms with van der Waals surface area (Å²) in [4.78, 5) is 17.4. The van der Waals surface area contributed by atoms with E-state index in [1.165, 1.54) is 0 Å². The monoisotopic (exact) mass is 621 g/mol. The smallest absolute Gasteiger partial charge is 0.315 e. The summed E-state index contributed by atoms with van der Waals surface area (Å²) in [5.74, 6) is 2.15. The Kier molecular flexibility index (Phi) is 10.5. The van der Waals surface area contributed by atoms with E-state index in [0.717, 1.165) is 22.5 Å². The van der Waals surface area contributed by atoms with Crippen molar-refractivity contribution in [3.63, 3.8) is 0 Å². The number of aromatic nitrogens is 2. The number of rotatable bonds is 11. The number of ketones is 1. The average Bonchev–Trinajstić information content (AvgIpc) is 3.37. The maximum absolute atomic E-state index is 13.3. The summed E-state index contributed by atoms with van der Waals surface area (Å²) < 4.78 is 20.3. The Balaban J connectivity index is 0.00000462. The Morgan fingerprint density at radius 3 is 1.88 bits per heavy atom. The zero-order valence-electron chi connectivity index (χ0n) is 24.5. The molecule has 0 bridgehead atoms. The molecule has 0 atom stereocenters. The Morgan fingerprint density at radius 2 is 1.39 bits per heavy atom. The van der Waals surface area contributed by atoms with Gasteiger partial charge in [0.25, 0.3) is 0 Å². The molecule has 4 rings (SSSR count). The minimum atomic E-state index is -0.0231. The number of nitrogens with zero attached hydrogens (tertiary/aromatic N) is 5. The highest BCUT2D eigenvalue weighted by Crippen LogP contribution is 2.40. The molecule has 41 heavy (non-hydrogen) atoms. The molecular weight excluding hydrogens is 586 g/mol. The van der Waals surface area contributed by atoms with Gasteiger partial charge in [-0.3, -0.25) is 4.79 Å². The van der Waals surface area contributed by atoms with E-state index in [-0.39, 0.29) is 29.3 Å². The van der Waals surface area contributed by atoms with E-state index in [1.54, 1.807) is 32.2 Å². The number of anilines is 2. The van der Waals surface area contributed by atoms with Crippen molar-refractivity contribution in [1.29, 1.82) is 0 Å². The molecule has 0 saturated carbocycles. The standard InChI is InChI=1S/C31H36N5O4.BrH/c1-33(2)25-12-8-22(9-13-25)20-32-36-17-16-35(21-27(37)23-10-14-26(15-11-23)34(3)4)31(36)24-18-28(38-5)30(40-7)29(19-24)39-6;/h8-20H,21H2,1-7H3;1H/q+1;/p-1. The lowest BCUT2D eigenvalue weighted by Crippen LogP contribution is -3.00. The van der Waals surface area contributed by atoms with Crippen LogP contribution in [0.15, 0.2) is 78.2 Å². The molecule has 0 spiro atoms. The normalized spacial score (nSPS) is 10.7. The van der Waals surface area contributed by atoms with Crippen LogP contribution in [0.5, 0.6) is 17.2 Å². The van der Waals surface area contributed by atoms with Gasteiger partial charge in [-0.15, -0.1) is 4.68 Å². The summed E-state index contributed by atoms with van der Waals surface area (Å²) in [6, 6.07) is 19.4. The summed E-state index contributed by atoms with van der Waals surface area (Å²) in [6.07, 6.45) is 5.45. The van der Waals surface area contributed by atoms with Crippen LogP contribution in [-0.2, 0) is 6.54 Å². The number of halogens is 1. The number of imidazole rings is 1. The van der Waals surface area contributed by atoms with Crippen LogP contribution in [0, 0.1) is 0 Å². The molecule has 0 fully saturated rings. The number of hydrogen-bond donors (Lipinski definition) is 0. The predicted molar refractivity (Wildman–Crippen MR) is 159 cm³/mol. The second kappa shape index (κ2) is 13.8. The Bertz CT molecular complexity index is 1470. The van der Waals surface area contributed by atoms with Gasteiger partial charge >= 0.3 is 5.82 Å². The number of hydrogen-bond acceptors (Lipinski definition) is 7. The van der Waals surface area contributed by atoms with E-state index in [9.17, 15) is 4.79 Å². The van der Waals surface area contributed by atoms with Crippen LogP contribution < -0.4 is 45.7 Å². The molecule has 4 aromatic rings. The summed E-state index contributed by atoms with van der Waals surface area (Å²) >= 11 is 0. The van der Waals surface area contributed by atoms with Crippen LogP contribution in [-0.4, -0.2) is 66.1 Å². The molecule has 0 aliphatic carbocycles. The largest absolute Gasteiger partial charge is 1.00 e. The van der Waals surface area contributed by atoms with E-state index >= 15 is 0 Å². The van der Waals surface area contributed by atoms with Crippen molar-refractivity contribution in [3.8, 4) is 28.6 Å². The minimum absolute atomic E-state index is 0. The topological polar surface area (TPSA) is 72.4 Å². The van der Waals surface area contributed by atoms with Crippen molar-refractivity contribution >= 4 is 23.4 Å². The number of Topliss-reactive ketones (excluding diaryl/α,β-unsaturated/α-hetero) is 1. The zero-order valence-corrected chi connectivity index (χ0v) is 26.0. The third kappa shape index (κ3) is 7.07. The van der Waals surface area contributed by atoms with Crippen molar-refractivity contribution in [1.82, 2.24) is 4.57 Å². The van der Waals surface area contributed by atoms with Gasteiger partial charge in [0, 0.05) is 45.1 Å². The van der Waals surface area contributed by atoms with E-state index < -0.39 is 0 Å². The summed E-state index contributed by atoms with van der Waals surface area (Å²) in [6.45, 7) is 0.118. The quantitative estimate of drug-likeness (QED) is 0.143. The number of ether oxygens (including phenoxy) is 3. The fourth-order valence-electron chi connectivity index (χ4n) is 4.32. The number of benzene rings is 3. The van der Waals surface area contributed by atoms with Gasteiger partial charge in [-0.25, -0.2) is 4.57 Å². The average molecular weight is 623 g/mol. The van der Waals surface area contributed by atoms with Crippen molar-refractivity contribution in [2.75, 3.05) is 59.3 Å². The first kappa shape index (κ1) is 31.2. The van der Waals surface area contributed by atoms with Gasteiger partial charge < -0.3 is 41.0 Å². The molecule has 0 aliphatic rings. The van der Waals surface area contributed by atoms with E-state index in [4.69, 9.17) is 19.3 Å². The predicted octanol–water partition coefficient (Wildman–Crippen LogP) is 1.37. The van der Waals surface area contributed by atoms with Crippen LogP contribution in [0.4, 0.5) is 11.4 Å². The Hall–Kier alpha value is -4.31. The second-order valence-electron chi connectivity index (χ2n) is 9.60. The number of carbonyl (C=O) groups excluding carboxylic acids is 1. The van der Waals surface area contributed by atoms with Gasteiger partial charge in [-0.1, -0.05) is 17.2 Å². The molecule has 0 aliphatic heterocycles. The molecule has 1 aromatic heterocycles. The van der Waals surface area contributed by atoms with Crippen LogP contribution in [0.25, 0.3) is 11.4 Å². The third-order valence-corrected chi connectivity index (χ3v) is 6.56. The summed E-state index contributed by atoms with van der Waals surface area (Å²) in [5.41, 5.74) is 4.45. The molecule has 1 heterocycles. The van der Waals surface area contributed by atoms with E-state index in [0.29, 0.717) is 28.6 Å². The lowest BCUT2D eigenvalue weighted by atomic mass is 10.1. The first-order valence-corrected chi connectivity index (χ1v) is 12.8. The van der Waals surface area contributed by atoms with Gasteiger partial charge in [0.15, 0.2) is 24.2 Å². The number of carbonyl (C=O) groups is 1. The highest BCUT2D eigenvalue weighted by molar-refractivity contribution is 5.96. The Morgan fingerprint density at radius 1 is 0.854 bits per heavy atom. The lowest BCUT2D eigenvalue weighted by molar-refractivity contribution is -0.666. The summed E-state index contributed by atoms with van der Waals surface area (Å²) in [7, 11) is 12.7. The molecular formula is C31H36BrN5O4. The Labute approximate surface area is 252 Å². The van der Waals surface area contributed by atoms with Crippen molar-refractivity contribution < 1.29 is 40.7 Å². The molecule has 216 valence electrons. The van der Waals surface area contributed by atoms with Gasteiger partial charge in [0.1, 0.15) is 6.20 Å². The molecule has 0 unspecified atom stereocenters. The van der Waals surface area contributed by atoms with Gasteiger partial charge in [-0.2, -0.15) is 0 Å². The van der Waals surface area contributed by atoms with Gasteiger partial charge in [0.2, 0.25) is 11.5 Å². The van der Waals surface area contributed by atoms with Crippen LogP contribution >= 0.6 is 0 Å². The minimum Gasteiger partial charge on any atom is -1.00 e. The SMILES string of the molecule is COc1cc(-c2n(CC(=O)c3ccc(N(C)C)cc3)cc[n+]2N=Cc2ccc(N(C)C)cc2)cc(OC)c1OC.[Br-]. The second-order valence-corrected chi connectivity index (χ2v) is 9.60. The van der Waals surface area contributed by atoms with Crippen LogP contribution in [0.2, 0.25) is 0 Å². The van der Waals surface area contributed by atoms with Crippen LogP contribution in [0.1, 0.15) is 15.9 Å². The zero-order chi connectivity index (χ0) is 28.8. The molecule has 10 heteroatoms. The molecule has 0 radical (unpaired) electrons. The van der Waals surface area contributed by atoms with E-state index in [1.807, 2.05) is 116 Å². The molecule has 0 amide bonds. The van der Waals surface area contributed by atoms with Crippen LogP contribution in [0.3, 0.4) is 0 Å². The first-order chi connectivity index (χ1) is 19.2. The van der Waals surface area contributed by atoms with Gasteiger partial charge in [-0.05, 0) is 54.1 Å². The molecule has 0 saturated heterocycles. The van der Waals surface area contributed by atoms with E-state index in [2.05, 4.69) is 0 Å². The maximum Gasteiger partial charge on any atom is 0.315 e. The summed E-state index contributed by atoms with van der Waals surface area (Å²) in [5, 5.41) is 4.74.